The van der Waals surface area contributed by atoms with E-state index in [1.807, 2.05) is 13.8 Å². The molecule has 1 atom stereocenters. The van der Waals surface area contributed by atoms with E-state index in [2.05, 4.69) is 19.1 Å². The predicted octanol–water partition coefficient (Wildman–Crippen LogP) is 3.50. The third-order valence-corrected chi connectivity index (χ3v) is 1.49. The highest BCUT2D eigenvalue weighted by Crippen LogP contribution is 2.14. The number of hydrogen-bond donors (Lipinski definition) is 0. The molecular formula is C9H20S. The summed E-state index contributed by atoms with van der Waals surface area (Å²) in [5.74, 6) is 0.855. The first-order valence-electron chi connectivity index (χ1n) is 4.06. The maximum Gasteiger partial charge on any atom is -0.0262 e. The molecule has 0 aromatic heterocycles. The summed E-state index contributed by atoms with van der Waals surface area (Å²) in [4.78, 5) is 0. The van der Waals surface area contributed by atoms with Crippen LogP contribution in [0.4, 0.5) is 0 Å². The first kappa shape index (κ1) is 12.7. The van der Waals surface area contributed by atoms with Gasteiger partial charge in [0.25, 0.3) is 0 Å². The van der Waals surface area contributed by atoms with Crippen LogP contribution in [-0.2, 0) is 0 Å². The summed E-state index contributed by atoms with van der Waals surface area (Å²) >= 11 is 0. The molecular weight excluding hydrogens is 140 g/mol. The molecule has 1 rings (SSSR count). The van der Waals surface area contributed by atoms with Gasteiger partial charge in [-0.05, 0) is 25.2 Å². The summed E-state index contributed by atoms with van der Waals surface area (Å²) in [7, 11) is 0. The fourth-order valence-electron chi connectivity index (χ4n) is 0.982. The molecule has 10 heavy (non-hydrogen) atoms. The van der Waals surface area contributed by atoms with Crippen molar-refractivity contribution in [3.8, 4) is 0 Å². The molecule has 0 saturated heterocycles. The van der Waals surface area contributed by atoms with Crippen molar-refractivity contribution >= 4 is 13.5 Å². The zero-order valence-corrected chi connectivity index (χ0v) is 8.35. The summed E-state index contributed by atoms with van der Waals surface area (Å²) in [6.45, 7) is 6.27. The zero-order chi connectivity index (χ0) is 7.11. The van der Waals surface area contributed by atoms with Crippen LogP contribution in [0.25, 0.3) is 0 Å². The average Bonchev–Trinajstić information content (AvgIpc) is 1.94. The van der Waals surface area contributed by atoms with Gasteiger partial charge in [-0.2, -0.15) is 13.5 Å². The Morgan fingerprint density at radius 3 is 2.10 bits per heavy atom. The molecule has 0 unspecified atom stereocenters. The highest BCUT2D eigenvalue weighted by Gasteiger charge is 1.98. The summed E-state index contributed by atoms with van der Waals surface area (Å²) < 4.78 is 0. The first-order valence-corrected chi connectivity index (χ1v) is 4.06. The van der Waals surface area contributed by atoms with Gasteiger partial charge in [-0.1, -0.05) is 32.9 Å². The largest absolute Gasteiger partial charge is 0.197 e. The van der Waals surface area contributed by atoms with Crippen LogP contribution in [0, 0.1) is 5.92 Å². The van der Waals surface area contributed by atoms with Crippen LogP contribution in [0.15, 0.2) is 12.2 Å². The second-order valence-corrected chi connectivity index (χ2v) is 2.34. The van der Waals surface area contributed by atoms with Crippen molar-refractivity contribution in [3.05, 3.63) is 12.2 Å². The van der Waals surface area contributed by atoms with Crippen molar-refractivity contribution < 1.29 is 0 Å². The van der Waals surface area contributed by atoms with Crippen LogP contribution in [0.2, 0.25) is 0 Å². The van der Waals surface area contributed by atoms with Crippen molar-refractivity contribution in [2.75, 3.05) is 0 Å². The van der Waals surface area contributed by atoms with E-state index < -0.39 is 0 Å². The van der Waals surface area contributed by atoms with E-state index in [-0.39, 0.29) is 13.5 Å². The number of allylic oxidation sites excluding steroid dienone is 2. The van der Waals surface area contributed by atoms with E-state index >= 15 is 0 Å². The van der Waals surface area contributed by atoms with Gasteiger partial charge in [-0.25, -0.2) is 0 Å². The quantitative estimate of drug-likeness (QED) is 0.476. The van der Waals surface area contributed by atoms with Crippen molar-refractivity contribution in [1.29, 1.82) is 0 Å². The maximum absolute atomic E-state index is 2.31. The first-order chi connectivity index (χ1) is 4.39. The molecule has 0 bridgehead atoms. The van der Waals surface area contributed by atoms with Gasteiger partial charge < -0.3 is 0 Å². The van der Waals surface area contributed by atoms with Crippen molar-refractivity contribution in [3.63, 3.8) is 0 Å². The molecule has 1 aliphatic rings. The van der Waals surface area contributed by atoms with E-state index in [0.29, 0.717) is 0 Å². The minimum absolute atomic E-state index is 0. The second-order valence-electron chi connectivity index (χ2n) is 2.34. The highest BCUT2D eigenvalue weighted by molar-refractivity contribution is 7.59. The molecule has 1 aliphatic carbocycles. The Balaban J connectivity index is 0. The second kappa shape index (κ2) is 9.09. The molecule has 0 N–H and O–H groups in total. The lowest BCUT2D eigenvalue weighted by Gasteiger charge is -2.08. The van der Waals surface area contributed by atoms with Crippen LogP contribution in [-0.4, -0.2) is 0 Å². The Morgan fingerprint density at radius 2 is 1.90 bits per heavy atom. The molecule has 1 heteroatoms. The van der Waals surface area contributed by atoms with E-state index in [0.717, 1.165) is 5.92 Å². The smallest absolute Gasteiger partial charge is 0.0262 e. The minimum atomic E-state index is 0. The summed E-state index contributed by atoms with van der Waals surface area (Å²) in [5, 5.41) is 0. The van der Waals surface area contributed by atoms with Gasteiger partial charge in [0.1, 0.15) is 0 Å². The van der Waals surface area contributed by atoms with Crippen molar-refractivity contribution in [2.45, 2.75) is 40.0 Å². The monoisotopic (exact) mass is 160 g/mol. The maximum atomic E-state index is 2.31. The minimum Gasteiger partial charge on any atom is -0.197 e. The SMILES string of the molecule is CC.C[C@@H]1C=CCCC1.S. The Morgan fingerprint density at radius 1 is 1.30 bits per heavy atom. The Kier molecular flexibility index (Phi) is 11.6. The van der Waals surface area contributed by atoms with E-state index in [1.165, 1.54) is 19.3 Å². The van der Waals surface area contributed by atoms with Gasteiger partial charge in [-0.3, -0.25) is 0 Å². The summed E-state index contributed by atoms with van der Waals surface area (Å²) in [6.07, 6.45) is 8.70. The van der Waals surface area contributed by atoms with Gasteiger partial charge >= 0.3 is 0 Å². The highest BCUT2D eigenvalue weighted by atomic mass is 32.1. The van der Waals surface area contributed by atoms with Crippen LogP contribution >= 0.6 is 13.5 Å². The van der Waals surface area contributed by atoms with Gasteiger partial charge in [0.15, 0.2) is 0 Å². The van der Waals surface area contributed by atoms with E-state index in [1.54, 1.807) is 0 Å². The van der Waals surface area contributed by atoms with Gasteiger partial charge in [0, 0.05) is 0 Å². The van der Waals surface area contributed by atoms with E-state index in [4.69, 9.17) is 0 Å². The Labute approximate surface area is 72.2 Å². The predicted molar refractivity (Wildman–Crippen MR) is 53.9 cm³/mol. The molecule has 0 fully saturated rings. The van der Waals surface area contributed by atoms with Crippen LogP contribution < -0.4 is 0 Å². The van der Waals surface area contributed by atoms with Crippen LogP contribution in [0.3, 0.4) is 0 Å². The molecule has 0 aromatic carbocycles. The van der Waals surface area contributed by atoms with Gasteiger partial charge in [0.2, 0.25) is 0 Å². The topological polar surface area (TPSA) is 0 Å². The fraction of sp³-hybridized carbons (Fsp3) is 0.778. The third kappa shape index (κ3) is 6.21. The Hall–Kier alpha value is 0.0900. The van der Waals surface area contributed by atoms with Crippen molar-refractivity contribution in [1.82, 2.24) is 0 Å². The fourth-order valence-corrected chi connectivity index (χ4v) is 0.982. The molecule has 0 spiro atoms. The van der Waals surface area contributed by atoms with E-state index in [9.17, 15) is 0 Å². The molecule has 0 heterocycles. The molecule has 0 radical (unpaired) electrons. The van der Waals surface area contributed by atoms with Crippen LogP contribution in [0.5, 0.6) is 0 Å². The molecule has 0 aliphatic heterocycles. The van der Waals surface area contributed by atoms with Crippen LogP contribution in [0.1, 0.15) is 40.0 Å². The molecule has 0 saturated carbocycles. The summed E-state index contributed by atoms with van der Waals surface area (Å²) in [5.41, 5.74) is 0. The molecule has 0 nitrogen and oxygen atoms in total. The molecule has 0 aromatic rings. The third-order valence-electron chi connectivity index (χ3n) is 1.49. The van der Waals surface area contributed by atoms with Gasteiger partial charge in [-0.15, -0.1) is 0 Å². The average molecular weight is 160 g/mol. The Bertz CT molecular complexity index is 76.8. The standard InChI is InChI=1S/C7H12.C2H6.H2S/c1-7-5-3-2-4-6-7;1-2;/h3,5,7H,2,4,6H2,1H3;1-2H3;1H2/t7-;;/m1../s1. The lowest BCUT2D eigenvalue weighted by Crippen LogP contribution is -1.92. The molecule has 0 amide bonds. The number of rotatable bonds is 0. The van der Waals surface area contributed by atoms with Crippen molar-refractivity contribution in [2.24, 2.45) is 5.92 Å². The lowest BCUT2D eigenvalue weighted by molar-refractivity contribution is 0.584. The van der Waals surface area contributed by atoms with Gasteiger partial charge in [0.05, 0.1) is 0 Å². The zero-order valence-electron chi connectivity index (χ0n) is 7.35. The normalized spacial score (nSPS) is 22.1. The molecule has 62 valence electrons. The summed E-state index contributed by atoms with van der Waals surface area (Å²) in [6, 6.07) is 0. The number of hydrogen-bond acceptors (Lipinski definition) is 0. The lowest BCUT2D eigenvalue weighted by atomic mass is 9.98.